The molecule has 1 aromatic heterocycles. The van der Waals surface area contributed by atoms with E-state index in [0.717, 1.165) is 25.1 Å². The van der Waals surface area contributed by atoms with Crippen LogP contribution in [-0.2, 0) is 17.8 Å². The van der Waals surface area contributed by atoms with Crippen molar-refractivity contribution in [1.82, 2.24) is 4.57 Å². The maximum Gasteiger partial charge on any atom is 0.347 e. The Morgan fingerprint density at radius 3 is 2.50 bits per heavy atom. The van der Waals surface area contributed by atoms with Gasteiger partial charge >= 0.3 is 5.97 Å². The van der Waals surface area contributed by atoms with Crippen LogP contribution >= 0.6 is 12.0 Å². The number of nitrogens with zero attached hydrogens (tertiary/aromatic N) is 1. The van der Waals surface area contributed by atoms with Gasteiger partial charge in [-0.1, -0.05) is 12.1 Å². The highest BCUT2D eigenvalue weighted by molar-refractivity contribution is 7.94. The summed E-state index contributed by atoms with van der Waals surface area (Å²) in [6.07, 6.45) is 5.96. The summed E-state index contributed by atoms with van der Waals surface area (Å²) >= 11 is 1.34. The van der Waals surface area contributed by atoms with Gasteiger partial charge in [-0.3, -0.25) is 0 Å². The maximum atomic E-state index is 11.2. The Kier molecular flexibility index (Phi) is 6.19. The van der Waals surface area contributed by atoms with Crippen molar-refractivity contribution in [2.75, 3.05) is 6.26 Å². The third-order valence-corrected chi connectivity index (χ3v) is 4.96. The van der Waals surface area contributed by atoms with Gasteiger partial charge in [0.25, 0.3) is 0 Å². The lowest BCUT2D eigenvalue weighted by Gasteiger charge is -2.21. The van der Waals surface area contributed by atoms with Gasteiger partial charge in [-0.05, 0) is 68.7 Å². The summed E-state index contributed by atoms with van der Waals surface area (Å²) in [5, 5.41) is 10.3. The van der Waals surface area contributed by atoms with Crippen molar-refractivity contribution < 1.29 is 18.8 Å². The zero-order valence-corrected chi connectivity index (χ0v) is 17.2. The van der Waals surface area contributed by atoms with Gasteiger partial charge in [0, 0.05) is 29.9 Å². The van der Waals surface area contributed by atoms with E-state index in [2.05, 4.69) is 29.0 Å². The third-order valence-electron chi connectivity index (χ3n) is 4.60. The SMILES string of the molecule is CSOc1ccc2c(ccn2CCCc2ccc(OC(C)(C)C(=O)O)cc2)c1. The second-order valence-corrected chi connectivity index (χ2v) is 7.64. The van der Waals surface area contributed by atoms with Crippen LogP contribution in [0.2, 0.25) is 0 Å². The van der Waals surface area contributed by atoms with E-state index in [4.69, 9.17) is 14.0 Å². The van der Waals surface area contributed by atoms with Crippen LogP contribution in [0.25, 0.3) is 10.9 Å². The Balaban J connectivity index is 1.56. The highest BCUT2D eigenvalue weighted by Gasteiger charge is 2.29. The molecule has 1 N–H and O–H groups in total. The van der Waals surface area contributed by atoms with E-state index in [-0.39, 0.29) is 0 Å². The van der Waals surface area contributed by atoms with Gasteiger partial charge in [0.1, 0.15) is 11.5 Å². The molecule has 3 rings (SSSR count). The van der Waals surface area contributed by atoms with Crippen LogP contribution in [-0.4, -0.2) is 27.5 Å². The molecule has 0 saturated heterocycles. The lowest BCUT2D eigenvalue weighted by Crippen LogP contribution is -2.37. The molecule has 5 nitrogen and oxygen atoms in total. The van der Waals surface area contributed by atoms with E-state index in [1.807, 2.05) is 36.6 Å². The Hall–Kier alpha value is -2.60. The average molecular weight is 400 g/mol. The summed E-state index contributed by atoms with van der Waals surface area (Å²) in [6.45, 7) is 4.01. The minimum absolute atomic E-state index is 0.566. The van der Waals surface area contributed by atoms with Gasteiger partial charge in [0.05, 0.1) is 12.0 Å². The molecule has 0 unspecified atom stereocenters. The van der Waals surface area contributed by atoms with Crippen molar-refractivity contribution in [3.05, 3.63) is 60.3 Å². The normalized spacial score (nSPS) is 11.5. The molecule has 3 aromatic rings. The van der Waals surface area contributed by atoms with E-state index >= 15 is 0 Å². The Morgan fingerprint density at radius 2 is 1.82 bits per heavy atom. The first-order valence-electron chi connectivity index (χ1n) is 9.20. The number of carboxylic acid groups (broad SMARTS) is 1. The first-order valence-corrected chi connectivity index (χ1v) is 10.3. The fraction of sp³-hybridized carbons (Fsp3) is 0.318. The van der Waals surface area contributed by atoms with Crippen molar-refractivity contribution >= 4 is 28.9 Å². The number of benzene rings is 2. The van der Waals surface area contributed by atoms with Crippen molar-refractivity contribution in [1.29, 1.82) is 0 Å². The molecule has 0 aliphatic carbocycles. The van der Waals surface area contributed by atoms with Crippen LogP contribution in [0.3, 0.4) is 0 Å². The van der Waals surface area contributed by atoms with Crippen LogP contribution in [0.4, 0.5) is 0 Å². The molecular formula is C22H25NO4S. The van der Waals surface area contributed by atoms with Crippen LogP contribution in [0, 0.1) is 0 Å². The van der Waals surface area contributed by atoms with Crippen LogP contribution in [0.1, 0.15) is 25.8 Å². The van der Waals surface area contributed by atoms with Crippen molar-refractivity contribution in [3.8, 4) is 11.5 Å². The lowest BCUT2D eigenvalue weighted by molar-refractivity contribution is -0.152. The standard InChI is InChI=1S/C22H25NO4S/c1-22(2,21(24)25)26-18-8-6-16(7-9-18)5-4-13-23-14-12-17-15-19(27-28-3)10-11-20(17)23/h6-12,14-15H,4-5,13H2,1-3H3,(H,24,25). The second-order valence-electron chi connectivity index (χ2n) is 7.14. The molecule has 1 heterocycles. The zero-order chi connectivity index (χ0) is 20.1. The van der Waals surface area contributed by atoms with Crippen LogP contribution in [0.5, 0.6) is 11.5 Å². The predicted molar refractivity (Wildman–Crippen MR) is 113 cm³/mol. The van der Waals surface area contributed by atoms with E-state index in [0.29, 0.717) is 5.75 Å². The van der Waals surface area contributed by atoms with Gasteiger partial charge in [0.2, 0.25) is 0 Å². The molecule has 0 aliphatic heterocycles. The summed E-state index contributed by atoms with van der Waals surface area (Å²) in [6, 6.07) is 15.9. The van der Waals surface area contributed by atoms with Crippen molar-refractivity contribution in [2.45, 2.75) is 38.8 Å². The largest absolute Gasteiger partial charge is 0.478 e. The van der Waals surface area contributed by atoms with Gasteiger partial charge in [-0.25, -0.2) is 4.79 Å². The van der Waals surface area contributed by atoms with E-state index in [1.165, 1.54) is 28.5 Å². The number of ether oxygens (including phenoxy) is 1. The molecular weight excluding hydrogens is 374 g/mol. The van der Waals surface area contributed by atoms with Crippen LogP contribution in [0.15, 0.2) is 54.7 Å². The molecule has 2 aromatic carbocycles. The van der Waals surface area contributed by atoms with Gasteiger partial charge in [0.15, 0.2) is 5.60 Å². The second kappa shape index (κ2) is 8.61. The Bertz CT molecular complexity index is 947. The summed E-state index contributed by atoms with van der Waals surface area (Å²) < 4.78 is 13.3. The molecule has 0 atom stereocenters. The molecule has 6 heteroatoms. The monoisotopic (exact) mass is 399 g/mol. The lowest BCUT2D eigenvalue weighted by atomic mass is 10.1. The Morgan fingerprint density at radius 1 is 1.11 bits per heavy atom. The topological polar surface area (TPSA) is 60.7 Å². The van der Waals surface area contributed by atoms with E-state index < -0.39 is 11.6 Å². The predicted octanol–water partition coefficient (Wildman–Crippen LogP) is 5.17. The van der Waals surface area contributed by atoms with E-state index in [9.17, 15) is 4.79 Å². The molecule has 0 aliphatic rings. The smallest absolute Gasteiger partial charge is 0.347 e. The number of hydrogen-bond donors (Lipinski definition) is 1. The molecule has 0 fully saturated rings. The first kappa shape index (κ1) is 20.1. The molecule has 0 bridgehead atoms. The van der Waals surface area contributed by atoms with Crippen molar-refractivity contribution in [3.63, 3.8) is 0 Å². The van der Waals surface area contributed by atoms with Gasteiger partial charge in [-0.2, -0.15) is 0 Å². The molecule has 148 valence electrons. The number of aromatic nitrogens is 1. The molecule has 0 saturated carbocycles. The number of aryl methyl sites for hydroxylation is 2. The summed E-state index contributed by atoms with van der Waals surface area (Å²) in [7, 11) is 0. The number of carboxylic acids is 1. The highest BCUT2D eigenvalue weighted by Crippen LogP contribution is 2.24. The number of rotatable bonds is 9. The maximum absolute atomic E-state index is 11.2. The summed E-state index contributed by atoms with van der Waals surface area (Å²) in [4.78, 5) is 11.2. The number of fused-ring (bicyclic) bond motifs is 1. The van der Waals surface area contributed by atoms with E-state index in [1.54, 1.807) is 13.8 Å². The molecule has 0 radical (unpaired) electrons. The summed E-state index contributed by atoms with van der Waals surface area (Å²) in [5.74, 6) is 0.449. The zero-order valence-electron chi connectivity index (χ0n) is 16.3. The van der Waals surface area contributed by atoms with Gasteiger partial charge < -0.3 is 18.6 Å². The molecule has 28 heavy (non-hydrogen) atoms. The minimum Gasteiger partial charge on any atom is -0.478 e. The number of hydrogen-bond acceptors (Lipinski definition) is 4. The minimum atomic E-state index is -1.24. The third kappa shape index (κ3) is 4.81. The quantitative estimate of drug-likeness (QED) is 0.503. The fourth-order valence-electron chi connectivity index (χ4n) is 3.04. The highest BCUT2D eigenvalue weighted by atomic mass is 32.2. The Labute approximate surface area is 169 Å². The molecule has 0 spiro atoms. The van der Waals surface area contributed by atoms with Crippen molar-refractivity contribution in [2.24, 2.45) is 0 Å². The average Bonchev–Trinajstić information content (AvgIpc) is 3.05. The number of aliphatic carboxylic acids is 1. The van der Waals surface area contributed by atoms with Gasteiger partial charge in [-0.15, -0.1) is 0 Å². The summed E-state index contributed by atoms with van der Waals surface area (Å²) in [5.41, 5.74) is 1.17. The molecule has 0 amide bonds. The van der Waals surface area contributed by atoms with Crippen LogP contribution < -0.4 is 8.92 Å². The number of carbonyl (C=O) groups is 1. The fourth-order valence-corrected chi connectivity index (χ4v) is 3.33. The first-order chi connectivity index (χ1) is 13.4.